The minimum absolute atomic E-state index is 0.250. The third kappa shape index (κ3) is 4.45. The largest absolute Gasteiger partial charge is 0.497 e. The summed E-state index contributed by atoms with van der Waals surface area (Å²) in [4.78, 5) is 18.6. The zero-order valence-corrected chi connectivity index (χ0v) is 21.1. The van der Waals surface area contributed by atoms with E-state index in [0.717, 1.165) is 33.6 Å². The summed E-state index contributed by atoms with van der Waals surface area (Å²) in [6.45, 7) is 0. The van der Waals surface area contributed by atoms with E-state index < -0.39 is 0 Å². The Morgan fingerprint density at radius 3 is 2.26 bits per heavy atom. The van der Waals surface area contributed by atoms with E-state index in [4.69, 9.17) is 9.84 Å². The number of carbonyl (C=O) groups is 1. The molecule has 1 aliphatic rings. The first-order chi connectivity index (χ1) is 19.2. The van der Waals surface area contributed by atoms with Crippen molar-refractivity contribution in [2.75, 3.05) is 12.4 Å². The lowest BCUT2D eigenvalue weighted by atomic mass is 9.92. The number of methoxy groups -OCH3 is 1. The molecular weight excluding hydrogens is 486 g/mol. The SMILES string of the molecule is COc1ccc(C2=C(Nc3cc(C#N)ccn3)Cc3c(-c4ccccc4)c(-c4ccccc4)nn3C2=O)cc1. The van der Waals surface area contributed by atoms with Crippen molar-refractivity contribution in [1.82, 2.24) is 14.8 Å². The van der Waals surface area contributed by atoms with Gasteiger partial charge in [0.15, 0.2) is 0 Å². The molecule has 0 bridgehead atoms. The second-order valence-electron chi connectivity index (χ2n) is 9.04. The van der Waals surface area contributed by atoms with Gasteiger partial charge < -0.3 is 10.1 Å². The number of anilines is 1. The summed E-state index contributed by atoms with van der Waals surface area (Å²) in [6, 6.07) is 32.7. The highest BCUT2D eigenvalue weighted by Crippen LogP contribution is 2.40. The minimum Gasteiger partial charge on any atom is -0.497 e. The summed E-state index contributed by atoms with van der Waals surface area (Å²) in [5, 5.41) is 17.6. The van der Waals surface area contributed by atoms with Crippen LogP contribution in [-0.2, 0) is 6.42 Å². The first kappa shape index (κ1) is 23.9. The number of pyridine rings is 1. The molecule has 0 fully saturated rings. The zero-order valence-electron chi connectivity index (χ0n) is 21.1. The van der Waals surface area contributed by atoms with Crippen molar-refractivity contribution in [3.05, 3.63) is 126 Å². The number of nitriles is 1. The topological polar surface area (TPSA) is 92.8 Å². The lowest BCUT2D eigenvalue weighted by Crippen LogP contribution is -2.26. The Morgan fingerprint density at radius 2 is 1.59 bits per heavy atom. The molecule has 3 heterocycles. The molecular formula is C32H23N5O2. The molecule has 6 rings (SSSR count). The van der Waals surface area contributed by atoms with Crippen molar-refractivity contribution >= 4 is 17.3 Å². The van der Waals surface area contributed by atoms with Crippen molar-refractivity contribution in [1.29, 1.82) is 5.26 Å². The summed E-state index contributed by atoms with van der Waals surface area (Å²) in [7, 11) is 1.60. The van der Waals surface area contributed by atoms with Gasteiger partial charge in [0.05, 0.1) is 30.0 Å². The Hall–Kier alpha value is -5.48. The molecule has 5 aromatic rings. The molecule has 39 heavy (non-hydrogen) atoms. The van der Waals surface area contributed by atoms with Crippen LogP contribution in [0.25, 0.3) is 28.0 Å². The molecule has 0 aliphatic carbocycles. The quantitative estimate of drug-likeness (QED) is 0.292. The van der Waals surface area contributed by atoms with Gasteiger partial charge in [0.25, 0.3) is 5.91 Å². The molecule has 1 N–H and O–H groups in total. The fourth-order valence-electron chi connectivity index (χ4n) is 4.87. The van der Waals surface area contributed by atoms with Gasteiger partial charge in [0.2, 0.25) is 0 Å². The predicted octanol–water partition coefficient (Wildman–Crippen LogP) is 6.21. The highest BCUT2D eigenvalue weighted by molar-refractivity contribution is 6.23. The number of hydrogen-bond acceptors (Lipinski definition) is 6. The van der Waals surface area contributed by atoms with Crippen LogP contribution in [0, 0.1) is 11.3 Å². The fraction of sp³-hybridized carbons (Fsp3) is 0.0625. The standard InChI is InChI=1S/C32H23N5O2/c1-39-25-14-12-23(13-15-25)29-26(35-28-18-21(20-33)16-17-34-28)19-27-30(22-8-4-2-5-9-22)31(36-37(27)32(29)38)24-10-6-3-7-11-24/h2-18H,19H2,1H3,(H,34,35). The zero-order chi connectivity index (χ0) is 26.8. The van der Waals surface area contributed by atoms with E-state index in [0.29, 0.717) is 34.8 Å². The lowest BCUT2D eigenvalue weighted by molar-refractivity contribution is 0.0958. The molecule has 7 nitrogen and oxygen atoms in total. The Bertz CT molecular complexity index is 1750. The number of ether oxygens (including phenoxy) is 1. The summed E-state index contributed by atoms with van der Waals surface area (Å²) in [6.07, 6.45) is 1.97. The molecule has 0 saturated heterocycles. The highest BCUT2D eigenvalue weighted by atomic mass is 16.5. The van der Waals surface area contributed by atoms with E-state index in [2.05, 4.69) is 16.4 Å². The van der Waals surface area contributed by atoms with E-state index >= 15 is 0 Å². The van der Waals surface area contributed by atoms with Crippen LogP contribution in [0.4, 0.5) is 5.82 Å². The predicted molar refractivity (Wildman–Crippen MR) is 150 cm³/mol. The number of allylic oxidation sites excluding steroid dienone is 2. The number of nitrogens with zero attached hydrogens (tertiary/aromatic N) is 4. The second kappa shape index (κ2) is 10.1. The molecule has 7 heteroatoms. The number of aromatic nitrogens is 3. The normalized spacial score (nSPS) is 12.6. The van der Waals surface area contributed by atoms with Gasteiger partial charge in [0, 0.05) is 29.4 Å². The van der Waals surface area contributed by atoms with E-state index in [1.165, 1.54) is 4.68 Å². The van der Waals surface area contributed by atoms with E-state index in [1.54, 1.807) is 25.4 Å². The fourth-order valence-corrected chi connectivity index (χ4v) is 4.87. The molecule has 0 radical (unpaired) electrons. The Labute approximate surface area is 225 Å². The molecule has 2 aromatic heterocycles. The first-order valence-electron chi connectivity index (χ1n) is 12.4. The van der Waals surface area contributed by atoms with Gasteiger partial charge in [-0.2, -0.15) is 15.0 Å². The highest BCUT2D eigenvalue weighted by Gasteiger charge is 2.33. The Balaban J connectivity index is 1.56. The van der Waals surface area contributed by atoms with E-state index in [9.17, 15) is 10.1 Å². The molecule has 0 unspecified atom stereocenters. The van der Waals surface area contributed by atoms with Crippen LogP contribution in [0.15, 0.2) is 109 Å². The van der Waals surface area contributed by atoms with Gasteiger partial charge in [-0.3, -0.25) is 4.79 Å². The van der Waals surface area contributed by atoms with Crippen LogP contribution in [0.2, 0.25) is 0 Å². The molecule has 0 atom stereocenters. The number of benzene rings is 3. The van der Waals surface area contributed by atoms with Gasteiger partial charge in [-0.15, -0.1) is 0 Å². The van der Waals surface area contributed by atoms with Crippen molar-refractivity contribution < 1.29 is 9.53 Å². The van der Waals surface area contributed by atoms with Gasteiger partial charge >= 0.3 is 0 Å². The minimum atomic E-state index is -0.250. The van der Waals surface area contributed by atoms with Gasteiger partial charge in [-0.25, -0.2) is 4.98 Å². The summed E-state index contributed by atoms with van der Waals surface area (Å²) in [5.41, 5.74) is 6.68. The van der Waals surface area contributed by atoms with Crippen LogP contribution in [-0.4, -0.2) is 27.8 Å². The van der Waals surface area contributed by atoms with Crippen LogP contribution < -0.4 is 10.1 Å². The number of rotatable bonds is 6. The van der Waals surface area contributed by atoms with Gasteiger partial charge in [0.1, 0.15) is 17.3 Å². The van der Waals surface area contributed by atoms with Crippen LogP contribution in [0.5, 0.6) is 5.75 Å². The summed E-state index contributed by atoms with van der Waals surface area (Å²) in [5.74, 6) is 0.929. The molecule has 188 valence electrons. The number of fused-ring (bicyclic) bond motifs is 1. The van der Waals surface area contributed by atoms with Crippen molar-refractivity contribution in [2.45, 2.75) is 6.42 Å². The molecule has 3 aromatic carbocycles. The number of carbonyl (C=O) groups excluding carboxylic acids is 1. The van der Waals surface area contributed by atoms with Crippen LogP contribution >= 0.6 is 0 Å². The summed E-state index contributed by atoms with van der Waals surface area (Å²) < 4.78 is 6.85. The maximum absolute atomic E-state index is 14.2. The maximum atomic E-state index is 14.2. The molecule has 1 aliphatic heterocycles. The third-order valence-corrected chi connectivity index (χ3v) is 6.69. The molecule has 0 spiro atoms. The Morgan fingerprint density at radius 1 is 0.897 bits per heavy atom. The van der Waals surface area contributed by atoms with Crippen molar-refractivity contribution in [3.8, 4) is 34.2 Å². The van der Waals surface area contributed by atoms with E-state index in [1.807, 2.05) is 84.9 Å². The van der Waals surface area contributed by atoms with Crippen molar-refractivity contribution in [3.63, 3.8) is 0 Å². The van der Waals surface area contributed by atoms with Gasteiger partial charge in [-0.05, 0) is 35.4 Å². The van der Waals surface area contributed by atoms with Crippen LogP contribution in [0.3, 0.4) is 0 Å². The molecule has 0 saturated carbocycles. The lowest BCUT2D eigenvalue weighted by Gasteiger charge is -2.23. The summed E-state index contributed by atoms with van der Waals surface area (Å²) >= 11 is 0. The van der Waals surface area contributed by atoms with Crippen LogP contribution in [0.1, 0.15) is 21.6 Å². The van der Waals surface area contributed by atoms with Gasteiger partial charge in [-0.1, -0.05) is 72.8 Å². The molecule has 0 amide bonds. The first-order valence-corrected chi connectivity index (χ1v) is 12.4. The Kier molecular flexibility index (Phi) is 6.20. The number of nitrogens with one attached hydrogen (secondary N) is 1. The monoisotopic (exact) mass is 509 g/mol. The second-order valence-corrected chi connectivity index (χ2v) is 9.04. The average Bonchev–Trinajstić information content (AvgIpc) is 3.38. The number of hydrogen-bond donors (Lipinski definition) is 1. The average molecular weight is 510 g/mol. The van der Waals surface area contributed by atoms with Crippen molar-refractivity contribution in [2.24, 2.45) is 0 Å². The smallest absolute Gasteiger partial charge is 0.280 e. The third-order valence-electron chi connectivity index (χ3n) is 6.69. The maximum Gasteiger partial charge on any atom is 0.280 e. The van der Waals surface area contributed by atoms with E-state index in [-0.39, 0.29) is 5.91 Å².